The van der Waals surface area contributed by atoms with E-state index >= 15 is 0 Å². The summed E-state index contributed by atoms with van der Waals surface area (Å²) in [5.41, 5.74) is 4.96. The molecule has 0 aliphatic carbocycles. The second-order valence-corrected chi connectivity index (χ2v) is 10.6. The van der Waals surface area contributed by atoms with E-state index in [2.05, 4.69) is 95.6 Å². The molecule has 5 aromatic rings. The third kappa shape index (κ3) is 4.64. The summed E-state index contributed by atoms with van der Waals surface area (Å²) >= 11 is 0. The van der Waals surface area contributed by atoms with Gasteiger partial charge in [0.05, 0.1) is 12.6 Å². The Labute approximate surface area is 233 Å². The number of imidazole rings is 1. The predicted octanol–water partition coefficient (Wildman–Crippen LogP) is 3.70. The number of fused-ring (bicyclic) bond motifs is 1. The summed E-state index contributed by atoms with van der Waals surface area (Å²) < 4.78 is 4.64. The fourth-order valence-corrected chi connectivity index (χ4v) is 5.88. The standard InChI is InChI=1S/C32H34N6O2/c1-23-11-10-12-24(21-23)22-38-28-29(34(2)32(40)35(3)30(28)39)33-31(38)37-19-17-36(18-20-37)27(25-13-6-4-7-14-25)26-15-8-5-9-16-26/h4-16,21,27H,17-20,22H2,1-3H3. The molecule has 40 heavy (non-hydrogen) atoms. The Morgan fingerprint density at radius 1 is 0.775 bits per heavy atom. The Kier molecular flexibility index (Phi) is 6.86. The van der Waals surface area contributed by atoms with Gasteiger partial charge in [-0.2, -0.15) is 4.98 Å². The monoisotopic (exact) mass is 534 g/mol. The zero-order valence-corrected chi connectivity index (χ0v) is 23.2. The summed E-state index contributed by atoms with van der Waals surface area (Å²) in [6.07, 6.45) is 0. The van der Waals surface area contributed by atoms with Crippen molar-refractivity contribution in [3.05, 3.63) is 128 Å². The minimum atomic E-state index is -0.373. The van der Waals surface area contributed by atoms with Crippen LogP contribution in [0.1, 0.15) is 28.3 Å². The molecule has 1 aliphatic rings. The number of hydrogen-bond acceptors (Lipinski definition) is 5. The first kappa shape index (κ1) is 25.8. The van der Waals surface area contributed by atoms with Crippen molar-refractivity contribution in [2.45, 2.75) is 19.5 Å². The number of rotatable bonds is 6. The molecule has 8 nitrogen and oxygen atoms in total. The fourth-order valence-electron chi connectivity index (χ4n) is 5.88. The van der Waals surface area contributed by atoms with Crippen LogP contribution in [0.5, 0.6) is 0 Å². The summed E-state index contributed by atoms with van der Waals surface area (Å²) in [4.78, 5) is 35.8. The van der Waals surface area contributed by atoms with Crippen LogP contribution in [0.25, 0.3) is 11.2 Å². The Hall–Kier alpha value is -4.43. The molecule has 3 aromatic carbocycles. The minimum Gasteiger partial charge on any atom is -0.340 e. The number of aryl methyl sites for hydroxylation is 2. The van der Waals surface area contributed by atoms with E-state index in [1.54, 1.807) is 7.05 Å². The topological polar surface area (TPSA) is 68.3 Å². The molecule has 0 saturated carbocycles. The van der Waals surface area contributed by atoms with Crippen LogP contribution in [0, 0.1) is 6.92 Å². The Morgan fingerprint density at radius 3 is 2.00 bits per heavy atom. The van der Waals surface area contributed by atoms with Crippen molar-refractivity contribution in [2.75, 3.05) is 31.1 Å². The van der Waals surface area contributed by atoms with Crippen molar-refractivity contribution >= 4 is 17.1 Å². The van der Waals surface area contributed by atoms with Gasteiger partial charge in [0.15, 0.2) is 11.2 Å². The van der Waals surface area contributed by atoms with E-state index in [4.69, 9.17) is 4.98 Å². The second-order valence-electron chi connectivity index (χ2n) is 10.6. The number of aromatic nitrogens is 4. The SMILES string of the molecule is Cc1cccc(Cn2c(N3CCN(C(c4ccccc4)c4ccccc4)CC3)nc3c2c(=O)n(C)c(=O)n3C)c1. The molecule has 0 N–H and O–H groups in total. The van der Waals surface area contributed by atoms with Crippen molar-refractivity contribution in [3.8, 4) is 0 Å². The summed E-state index contributed by atoms with van der Waals surface area (Å²) in [5, 5.41) is 0. The minimum absolute atomic E-state index is 0.156. The summed E-state index contributed by atoms with van der Waals surface area (Å²) in [7, 11) is 3.21. The normalized spacial score (nSPS) is 14.3. The second kappa shape index (κ2) is 10.6. The van der Waals surface area contributed by atoms with Crippen LogP contribution in [-0.2, 0) is 20.6 Å². The van der Waals surface area contributed by atoms with Gasteiger partial charge < -0.3 is 4.90 Å². The number of nitrogens with zero attached hydrogens (tertiary/aromatic N) is 6. The first-order valence-electron chi connectivity index (χ1n) is 13.7. The third-order valence-corrected chi connectivity index (χ3v) is 7.94. The molecule has 2 aromatic heterocycles. The van der Waals surface area contributed by atoms with Gasteiger partial charge in [-0.15, -0.1) is 0 Å². The lowest BCUT2D eigenvalue weighted by Crippen LogP contribution is -2.48. The first-order chi connectivity index (χ1) is 19.4. The molecule has 1 aliphatic heterocycles. The number of piperazine rings is 1. The van der Waals surface area contributed by atoms with Crippen molar-refractivity contribution in [1.29, 1.82) is 0 Å². The number of hydrogen-bond donors (Lipinski definition) is 0. The number of anilines is 1. The predicted molar refractivity (Wildman–Crippen MR) is 159 cm³/mol. The molecular formula is C32H34N6O2. The van der Waals surface area contributed by atoms with Gasteiger partial charge in [-0.05, 0) is 23.6 Å². The molecule has 0 spiro atoms. The van der Waals surface area contributed by atoms with Gasteiger partial charge in [0, 0.05) is 40.3 Å². The fraction of sp³-hybridized carbons (Fsp3) is 0.281. The van der Waals surface area contributed by atoms with Gasteiger partial charge in [0.1, 0.15) is 0 Å². The molecule has 6 rings (SSSR count). The van der Waals surface area contributed by atoms with Crippen molar-refractivity contribution < 1.29 is 0 Å². The van der Waals surface area contributed by atoms with Crippen LogP contribution in [0.2, 0.25) is 0 Å². The van der Waals surface area contributed by atoms with Gasteiger partial charge in [0.2, 0.25) is 5.95 Å². The van der Waals surface area contributed by atoms with E-state index in [1.807, 2.05) is 10.6 Å². The highest BCUT2D eigenvalue weighted by Crippen LogP contribution is 2.31. The molecule has 1 fully saturated rings. The highest BCUT2D eigenvalue weighted by Gasteiger charge is 2.29. The summed E-state index contributed by atoms with van der Waals surface area (Å²) in [6, 6.07) is 29.7. The first-order valence-corrected chi connectivity index (χ1v) is 13.7. The van der Waals surface area contributed by atoms with Gasteiger partial charge in [-0.3, -0.25) is 23.4 Å². The maximum atomic E-state index is 13.4. The van der Waals surface area contributed by atoms with Gasteiger partial charge >= 0.3 is 5.69 Å². The molecular weight excluding hydrogens is 500 g/mol. The highest BCUT2D eigenvalue weighted by molar-refractivity contribution is 5.75. The van der Waals surface area contributed by atoms with Crippen LogP contribution in [0.15, 0.2) is 94.5 Å². The van der Waals surface area contributed by atoms with Crippen LogP contribution in [0.4, 0.5) is 5.95 Å². The molecule has 0 unspecified atom stereocenters. The Balaban J connectivity index is 1.37. The largest absolute Gasteiger partial charge is 0.340 e. The lowest BCUT2D eigenvalue weighted by molar-refractivity contribution is 0.211. The molecule has 1 saturated heterocycles. The van der Waals surface area contributed by atoms with Gasteiger partial charge in [-0.1, -0.05) is 90.5 Å². The zero-order chi connectivity index (χ0) is 27.8. The third-order valence-electron chi connectivity index (χ3n) is 7.94. The molecule has 204 valence electrons. The summed E-state index contributed by atoms with van der Waals surface area (Å²) in [5.74, 6) is 0.727. The van der Waals surface area contributed by atoms with Crippen molar-refractivity contribution in [3.63, 3.8) is 0 Å². The molecule has 0 amide bonds. The van der Waals surface area contributed by atoms with E-state index in [-0.39, 0.29) is 17.3 Å². The molecule has 0 radical (unpaired) electrons. The lowest BCUT2D eigenvalue weighted by Gasteiger charge is -2.40. The van der Waals surface area contributed by atoms with Crippen LogP contribution >= 0.6 is 0 Å². The van der Waals surface area contributed by atoms with E-state index in [1.165, 1.54) is 27.3 Å². The average Bonchev–Trinajstić information content (AvgIpc) is 3.36. The highest BCUT2D eigenvalue weighted by atomic mass is 16.2. The molecule has 8 heteroatoms. The number of benzene rings is 3. The van der Waals surface area contributed by atoms with Crippen molar-refractivity contribution in [1.82, 2.24) is 23.6 Å². The smallest absolute Gasteiger partial charge is 0.332 e. The average molecular weight is 535 g/mol. The maximum absolute atomic E-state index is 13.4. The van der Waals surface area contributed by atoms with E-state index in [9.17, 15) is 9.59 Å². The van der Waals surface area contributed by atoms with Crippen molar-refractivity contribution in [2.24, 2.45) is 14.1 Å². The van der Waals surface area contributed by atoms with Crippen LogP contribution in [0.3, 0.4) is 0 Å². The van der Waals surface area contributed by atoms with Gasteiger partial charge in [0.25, 0.3) is 5.56 Å². The van der Waals surface area contributed by atoms with Crippen LogP contribution < -0.4 is 16.1 Å². The molecule has 3 heterocycles. The quantitative estimate of drug-likeness (QED) is 0.332. The maximum Gasteiger partial charge on any atom is 0.332 e. The van der Waals surface area contributed by atoms with Crippen LogP contribution in [-0.4, -0.2) is 49.8 Å². The zero-order valence-electron chi connectivity index (χ0n) is 23.2. The lowest BCUT2D eigenvalue weighted by atomic mass is 9.96. The molecule has 0 atom stereocenters. The van der Waals surface area contributed by atoms with E-state index < -0.39 is 0 Å². The summed E-state index contributed by atoms with van der Waals surface area (Å²) in [6.45, 7) is 5.73. The Morgan fingerprint density at radius 2 is 1.40 bits per heavy atom. The van der Waals surface area contributed by atoms with Gasteiger partial charge in [-0.25, -0.2) is 4.79 Å². The van der Waals surface area contributed by atoms with E-state index in [0.29, 0.717) is 17.7 Å². The molecule has 0 bridgehead atoms. The Bertz CT molecular complexity index is 1720. The van der Waals surface area contributed by atoms with E-state index in [0.717, 1.165) is 43.3 Å².